The number of aliphatic imine (C=N–C) groups is 1. The number of aryl methyl sites for hydroxylation is 2. The third kappa shape index (κ3) is 4.56. The van der Waals surface area contributed by atoms with Gasteiger partial charge in [-0.25, -0.2) is 4.68 Å². The van der Waals surface area contributed by atoms with Crippen LogP contribution >= 0.6 is 0 Å². The highest BCUT2D eigenvalue weighted by Gasteiger charge is 2.13. The number of para-hydroxylation sites is 1. The van der Waals surface area contributed by atoms with E-state index in [-0.39, 0.29) is 0 Å². The van der Waals surface area contributed by atoms with Gasteiger partial charge >= 0.3 is 0 Å². The van der Waals surface area contributed by atoms with E-state index in [1.54, 1.807) is 7.05 Å². The molecule has 3 rings (SSSR count). The SMILES string of the molecule is CN=C(NCc1ccc(C)cc1)NCc1c(C)nn(-c2ccccc2)c1C. The Kier molecular flexibility index (Phi) is 5.91. The molecule has 0 fully saturated rings. The molecule has 1 aromatic heterocycles. The normalized spacial score (nSPS) is 11.5. The molecule has 0 radical (unpaired) electrons. The van der Waals surface area contributed by atoms with E-state index in [1.807, 2.05) is 29.8 Å². The molecule has 0 amide bonds. The number of nitrogens with zero attached hydrogens (tertiary/aromatic N) is 3. The minimum Gasteiger partial charge on any atom is -0.352 e. The average Bonchev–Trinajstić information content (AvgIpc) is 2.98. The lowest BCUT2D eigenvalue weighted by Crippen LogP contribution is -2.36. The van der Waals surface area contributed by atoms with E-state index < -0.39 is 0 Å². The van der Waals surface area contributed by atoms with E-state index in [4.69, 9.17) is 5.10 Å². The van der Waals surface area contributed by atoms with Crippen molar-refractivity contribution in [3.8, 4) is 5.69 Å². The van der Waals surface area contributed by atoms with E-state index in [0.717, 1.165) is 29.6 Å². The Bertz CT molecular complexity index is 908. The first-order valence-corrected chi connectivity index (χ1v) is 9.19. The number of nitrogens with one attached hydrogen (secondary N) is 2. The summed E-state index contributed by atoms with van der Waals surface area (Å²) in [5.74, 6) is 0.779. The molecule has 1 heterocycles. The quantitative estimate of drug-likeness (QED) is 0.539. The Morgan fingerprint density at radius 3 is 2.26 bits per heavy atom. The van der Waals surface area contributed by atoms with Crippen molar-refractivity contribution in [3.63, 3.8) is 0 Å². The molecule has 27 heavy (non-hydrogen) atoms. The van der Waals surface area contributed by atoms with Gasteiger partial charge in [0.05, 0.1) is 11.4 Å². The molecule has 0 saturated carbocycles. The van der Waals surface area contributed by atoms with Crippen molar-refractivity contribution in [2.75, 3.05) is 7.05 Å². The van der Waals surface area contributed by atoms with Crippen LogP contribution < -0.4 is 10.6 Å². The molecule has 5 nitrogen and oxygen atoms in total. The van der Waals surface area contributed by atoms with Crippen molar-refractivity contribution in [2.45, 2.75) is 33.9 Å². The predicted molar refractivity (Wildman–Crippen MR) is 111 cm³/mol. The van der Waals surface area contributed by atoms with Gasteiger partial charge in [-0.15, -0.1) is 0 Å². The van der Waals surface area contributed by atoms with Gasteiger partial charge in [-0.2, -0.15) is 5.10 Å². The van der Waals surface area contributed by atoms with Crippen molar-refractivity contribution in [1.82, 2.24) is 20.4 Å². The molecule has 0 aliphatic carbocycles. The molecular formula is C22H27N5. The Hall–Kier alpha value is -3.08. The molecule has 0 unspecified atom stereocenters. The lowest BCUT2D eigenvalue weighted by molar-refractivity contribution is 0.800. The van der Waals surface area contributed by atoms with Crippen LogP contribution in [-0.2, 0) is 13.1 Å². The second kappa shape index (κ2) is 8.54. The van der Waals surface area contributed by atoms with Gasteiger partial charge in [0.25, 0.3) is 0 Å². The van der Waals surface area contributed by atoms with Crippen molar-refractivity contribution in [2.24, 2.45) is 4.99 Å². The fourth-order valence-electron chi connectivity index (χ4n) is 3.04. The first-order valence-electron chi connectivity index (χ1n) is 9.19. The first-order chi connectivity index (χ1) is 13.1. The number of hydrogen-bond donors (Lipinski definition) is 2. The van der Waals surface area contributed by atoms with Crippen molar-refractivity contribution < 1.29 is 0 Å². The maximum Gasteiger partial charge on any atom is 0.191 e. The molecule has 0 aliphatic rings. The van der Waals surface area contributed by atoms with Crippen molar-refractivity contribution in [1.29, 1.82) is 0 Å². The van der Waals surface area contributed by atoms with Gasteiger partial charge < -0.3 is 10.6 Å². The summed E-state index contributed by atoms with van der Waals surface area (Å²) in [6, 6.07) is 18.7. The summed E-state index contributed by atoms with van der Waals surface area (Å²) in [6.07, 6.45) is 0. The molecule has 3 aromatic rings. The predicted octanol–water partition coefficient (Wildman–Crippen LogP) is 3.66. The summed E-state index contributed by atoms with van der Waals surface area (Å²) in [7, 11) is 1.79. The Morgan fingerprint density at radius 1 is 0.926 bits per heavy atom. The third-order valence-electron chi connectivity index (χ3n) is 4.68. The van der Waals surface area contributed by atoms with E-state index in [9.17, 15) is 0 Å². The fourth-order valence-corrected chi connectivity index (χ4v) is 3.04. The zero-order chi connectivity index (χ0) is 19.2. The summed E-state index contributed by atoms with van der Waals surface area (Å²) in [5, 5.41) is 11.5. The zero-order valence-corrected chi connectivity index (χ0v) is 16.5. The largest absolute Gasteiger partial charge is 0.352 e. The second-order valence-electron chi connectivity index (χ2n) is 6.66. The Balaban J connectivity index is 1.65. The molecular weight excluding hydrogens is 334 g/mol. The zero-order valence-electron chi connectivity index (χ0n) is 16.5. The summed E-state index contributed by atoms with van der Waals surface area (Å²) >= 11 is 0. The monoisotopic (exact) mass is 361 g/mol. The smallest absolute Gasteiger partial charge is 0.191 e. The number of hydrogen-bond acceptors (Lipinski definition) is 2. The van der Waals surface area contributed by atoms with Crippen LogP contribution in [-0.4, -0.2) is 22.8 Å². The van der Waals surface area contributed by atoms with Gasteiger partial charge in [0.15, 0.2) is 5.96 Å². The highest BCUT2D eigenvalue weighted by atomic mass is 15.3. The molecule has 5 heteroatoms. The number of guanidine groups is 1. The first kappa shape index (κ1) is 18.7. The third-order valence-corrected chi connectivity index (χ3v) is 4.68. The highest BCUT2D eigenvalue weighted by molar-refractivity contribution is 5.79. The number of benzene rings is 2. The number of aromatic nitrogens is 2. The summed E-state index contributed by atoms with van der Waals surface area (Å²) in [5.41, 5.74) is 6.93. The van der Waals surface area contributed by atoms with Crippen LogP contribution in [0.4, 0.5) is 0 Å². The highest BCUT2D eigenvalue weighted by Crippen LogP contribution is 2.17. The van der Waals surface area contributed by atoms with Gasteiger partial charge in [-0.1, -0.05) is 48.0 Å². The minimum atomic E-state index is 0.679. The van der Waals surface area contributed by atoms with Crippen molar-refractivity contribution in [3.05, 3.63) is 82.7 Å². The minimum absolute atomic E-state index is 0.679. The van der Waals surface area contributed by atoms with Gasteiger partial charge in [0.1, 0.15) is 0 Å². The summed E-state index contributed by atoms with van der Waals surface area (Å²) < 4.78 is 1.99. The lowest BCUT2D eigenvalue weighted by atomic mass is 10.1. The van der Waals surface area contributed by atoms with Crippen molar-refractivity contribution >= 4 is 5.96 Å². The van der Waals surface area contributed by atoms with Crippen LogP contribution in [0.1, 0.15) is 28.1 Å². The second-order valence-corrected chi connectivity index (χ2v) is 6.66. The topological polar surface area (TPSA) is 54.2 Å². The molecule has 0 aliphatic heterocycles. The van der Waals surface area contributed by atoms with Crippen LogP contribution in [0.15, 0.2) is 59.6 Å². The lowest BCUT2D eigenvalue weighted by Gasteiger charge is -2.12. The number of rotatable bonds is 5. The van der Waals surface area contributed by atoms with Crippen LogP contribution in [0.3, 0.4) is 0 Å². The van der Waals surface area contributed by atoms with E-state index in [2.05, 4.69) is 65.9 Å². The molecule has 2 N–H and O–H groups in total. The summed E-state index contributed by atoms with van der Waals surface area (Å²) in [6.45, 7) is 7.66. The Labute approximate surface area is 161 Å². The molecule has 0 spiro atoms. The molecule has 0 bridgehead atoms. The van der Waals surface area contributed by atoms with Crippen LogP contribution in [0.25, 0.3) is 5.69 Å². The molecule has 0 atom stereocenters. The van der Waals surface area contributed by atoms with Gasteiger partial charge in [-0.3, -0.25) is 4.99 Å². The average molecular weight is 361 g/mol. The Morgan fingerprint density at radius 2 is 1.59 bits per heavy atom. The maximum atomic E-state index is 4.70. The van der Waals surface area contributed by atoms with E-state index in [1.165, 1.54) is 16.7 Å². The fraction of sp³-hybridized carbons (Fsp3) is 0.273. The summed E-state index contributed by atoms with van der Waals surface area (Å²) in [4.78, 5) is 4.33. The van der Waals surface area contributed by atoms with Crippen LogP contribution in [0.2, 0.25) is 0 Å². The van der Waals surface area contributed by atoms with E-state index >= 15 is 0 Å². The van der Waals surface area contributed by atoms with Gasteiger partial charge in [-0.05, 0) is 38.5 Å². The molecule has 140 valence electrons. The van der Waals surface area contributed by atoms with Gasteiger partial charge in [0.2, 0.25) is 0 Å². The van der Waals surface area contributed by atoms with Crippen LogP contribution in [0.5, 0.6) is 0 Å². The van der Waals surface area contributed by atoms with Gasteiger partial charge in [0, 0.05) is 31.4 Å². The van der Waals surface area contributed by atoms with E-state index in [0.29, 0.717) is 6.54 Å². The standard InChI is InChI=1S/C22H27N5/c1-16-10-12-19(13-11-16)14-24-22(23-4)25-15-21-17(2)26-27(18(21)3)20-8-6-5-7-9-20/h5-13H,14-15H2,1-4H3,(H2,23,24,25). The molecule has 0 saturated heterocycles. The molecule has 2 aromatic carbocycles. The van der Waals surface area contributed by atoms with Crippen LogP contribution in [0, 0.1) is 20.8 Å². The maximum absolute atomic E-state index is 4.70.